The van der Waals surface area contributed by atoms with Gasteiger partial charge in [0.2, 0.25) is 11.8 Å². The second-order valence-electron chi connectivity index (χ2n) is 5.97. The quantitative estimate of drug-likeness (QED) is 0.822. The van der Waals surface area contributed by atoms with E-state index in [1.807, 2.05) is 25.1 Å². The summed E-state index contributed by atoms with van der Waals surface area (Å²) >= 11 is 0. The maximum Gasteiger partial charge on any atom is 0.255 e. The van der Waals surface area contributed by atoms with Gasteiger partial charge in [-0.15, -0.1) is 0 Å². The Morgan fingerprint density at radius 2 is 2.00 bits per heavy atom. The summed E-state index contributed by atoms with van der Waals surface area (Å²) in [4.78, 5) is 39.6. The third kappa shape index (κ3) is 2.52. The third-order valence-electron chi connectivity index (χ3n) is 4.32. The van der Waals surface area contributed by atoms with Crippen LogP contribution in [-0.2, 0) is 16.1 Å². The van der Waals surface area contributed by atoms with Crippen LogP contribution in [0.2, 0.25) is 0 Å². The lowest BCUT2D eigenvalue weighted by Gasteiger charge is -2.29. The molecule has 1 aromatic carbocycles. The molecule has 0 aliphatic carbocycles. The van der Waals surface area contributed by atoms with Gasteiger partial charge in [0.25, 0.3) is 5.91 Å². The molecule has 7 nitrogen and oxygen atoms in total. The van der Waals surface area contributed by atoms with Gasteiger partial charge in [-0.3, -0.25) is 19.7 Å². The van der Waals surface area contributed by atoms with Crippen LogP contribution in [0.5, 0.6) is 5.75 Å². The van der Waals surface area contributed by atoms with Crippen molar-refractivity contribution in [3.63, 3.8) is 0 Å². The molecule has 0 bridgehead atoms. The molecule has 1 saturated heterocycles. The molecule has 2 aliphatic rings. The van der Waals surface area contributed by atoms with Crippen molar-refractivity contribution < 1.29 is 19.1 Å². The first-order chi connectivity index (χ1) is 10.9. The fraction of sp³-hybridized carbons (Fsp3) is 0.438. The van der Waals surface area contributed by atoms with Crippen molar-refractivity contribution >= 4 is 23.4 Å². The first kappa shape index (κ1) is 15.3. The van der Waals surface area contributed by atoms with Gasteiger partial charge in [0.1, 0.15) is 11.8 Å². The molecule has 0 radical (unpaired) electrons. The Morgan fingerprint density at radius 1 is 1.26 bits per heavy atom. The van der Waals surface area contributed by atoms with Gasteiger partial charge in [-0.2, -0.15) is 0 Å². The van der Waals surface area contributed by atoms with Gasteiger partial charge in [0.15, 0.2) is 0 Å². The van der Waals surface area contributed by atoms with Crippen LogP contribution < -0.4 is 15.0 Å². The number of piperidine rings is 1. The number of hydrogen-bond acceptors (Lipinski definition) is 5. The highest BCUT2D eigenvalue weighted by atomic mass is 16.5. The summed E-state index contributed by atoms with van der Waals surface area (Å²) in [5, 5.41) is 2.31. The Balaban J connectivity index is 1.97. The molecule has 1 fully saturated rings. The van der Waals surface area contributed by atoms with Crippen molar-refractivity contribution in [3.05, 3.63) is 23.3 Å². The number of methoxy groups -OCH3 is 1. The summed E-state index contributed by atoms with van der Waals surface area (Å²) in [6.07, 6.45) is 0.610. The Bertz CT molecular complexity index is 699. The van der Waals surface area contributed by atoms with E-state index in [4.69, 9.17) is 4.74 Å². The van der Waals surface area contributed by atoms with E-state index in [1.165, 1.54) is 0 Å². The highest BCUT2D eigenvalue weighted by Gasteiger charge is 2.40. The number of carbonyl (C=O) groups is 3. The molecule has 3 rings (SSSR count). The number of amides is 3. The average Bonchev–Trinajstić information content (AvgIpc) is 2.83. The Labute approximate surface area is 134 Å². The van der Waals surface area contributed by atoms with Crippen LogP contribution in [0.25, 0.3) is 0 Å². The standard InChI is InChI=1S/C16H19N3O4/c1-18(2)13-7-9(23-3)6-10-11(13)8-19(16(10)22)12-4-5-14(20)17-15(12)21/h6-7,12H,4-5,8H2,1-3H3,(H,17,20,21). The van der Waals surface area contributed by atoms with Gasteiger partial charge in [-0.25, -0.2) is 0 Å². The van der Waals surface area contributed by atoms with Crippen LogP contribution in [0.3, 0.4) is 0 Å². The zero-order valence-electron chi connectivity index (χ0n) is 13.4. The summed E-state index contributed by atoms with van der Waals surface area (Å²) in [7, 11) is 5.35. The van der Waals surface area contributed by atoms with Crippen molar-refractivity contribution in [2.45, 2.75) is 25.4 Å². The van der Waals surface area contributed by atoms with E-state index < -0.39 is 11.9 Å². The number of anilines is 1. The number of nitrogens with zero attached hydrogens (tertiary/aromatic N) is 2. The van der Waals surface area contributed by atoms with Crippen LogP contribution in [0.4, 0.5) is 5.69 Å². The molecule has 3 amide bonds. The largest absolute Gasteiger partial charge is 0.497 e. The number of ether oxygens (including phenoxy) is 1. The minimum Gasteiger partial charge on any atom is -0.497 e. The van der Waals surface area contributed by atoms with Gasteiger partial charge in [0.05, 0.1) is 12.7 Å². The van der Waals surface area contributed by atoms with Gasteiger partial charge in [-0.1, -0.05) is 0 Å². The van der Waals surface area contributed by atoms with E-state index in [-0.39, 0.29) is 18.2 Å². The zero-order chi connectivity index (χ0) is 16.7. The minimum atomic E-state index is -0.603. The zero-order valence-corrected chi connectivity index (χ0v) is 13.4. The lowest BCUT2D eigenvalue weighted by Crippen LogP contribution is -2.52. The molecule has 2 heterocycles. The van der Waals surface area contributed by atoms with E-state index in [1.54, 1.807) is 18.1 Å². The molecule has 1 N–H and O–H groups in total. The summed E-state index contributed by atoms with van der Waals surface area (Å²) in [6, 6.07) is 2.98. The van der Waals surface area contributed by atoms with Crippen LogP contribution in [0, 0.1) is 0 Å². The lowest BCUT2D eigenvalue weighted by molar-refractivity contribution is -0.136. The van der Waals surface area contributed by atoms with Gasteiger partial charge >= 0.3 is 0 Å². The van der Waals surface area contributed by atoms with Crippen LogP contribution in [0.15, 0.2) is 12.1 Å². The molecule has 122 valence electrons. The Hall–Kier alpha value is -2.57. The van der Waals surface area contributed by atoms with Crippen molar-refractivity contribution in [2.24, 2.45) is 0 Å². The number of carbonyl (C=O) groups excluding carboxylic acids is 3. The van der Waals surface area contributed by atoms with Crippen molar-refractivity contribution in [1.82, 2.24) is 10.2 Å². The SMILES string of the molecule is COc1cc2c(c(N(C)C)c1)CN(C1CCC(=O)NC1=O)C2=O. The number of benzene rings is 1. The number of hydrogen-bond donors (Lipinski definition) is 1. The molecule has 1 unspecified atom stereocenters. The molecule has 0 spiro atoms. The predicted molar refractivity (Wildman–Crippen MR) is 83.4 cm³/mol. The van der Waals surface area contributed by atoms with Crippen LogP contribution in [-0.4, -0.2) is 49.9 Å². The molecule has 7 heteroatoms. The molecule has 2 aliphatic heterocycles. The Kier molecular flexibility index (Phi) is 3.71. The first-order valence-corrected chi connectivity index (χ1v) is 7.45. The second kappa shape index (κ2) is 5.57. The highest BCUT2D eigenvalue weighted by molar-refractivity contribution is 6.06. The first-order valence-electron chi connectivity index (χ1n) is 7.45. The van der Waals surface area contributed by atoms with E-state index in [9.17, 15) is 14.4 Å². The maximum absolute atomic E-state index is 12.8. The smallest absolute Gasteiger partial charge is 0.255 e. The van der Waals surface area contributed by atoms with Crippen LogP contribution in [0.1, 0.15) is 28.8 Å². The molecule has 0 aromatic heterocycles. The van der Waals surface area contributed by atoms with E-state index in [0.717, 1.165) is 11.3 Å². The minimum absolute atomic E-state index is 0.198. The molecule has 1 aromatic rings. The summed E-state index contributed by atoms with van der Waals surface area (Å²) in [6.45, 7) is 0.359. The summed E-state index contributed by atoms with van der Waals surface area (Å²) < 4.78 is 5.27. The predicted octanol–water partition coefficient (Wildman–Crippen LogP) is 0.522. The second-order valence-corrected chi connectivity index (χ2v) is 5.97. The number of rotatable bonds is 3. The van der Waals surface area contributed by atoms with Crippen molar-refractivity contribution in [1.29, 1.82) is 0 Å². The monoisotopic (exact) mass is 317 g/mol. The fourth-order valence-electron chi connectivity index (χ4n) is 3.13. The molecule has 1 atom stereocenters. The van der Waals surface area contributed by atoms with Crippen LogP contribution >= 0.6 is 0 Å². The van der Waals surface area contributed by atoms with Gasteiger partial charge < -0.3 is 14.5 Å². The number of nitrogens with one attached hydrogen (secondary N) is 1. The average molecular weight is 317 g/mol. The van der Waals surface area contributed by atoms with Crippen molar-refractivity contribution in [3.8, 4) is 5.75 Å². The molecular formula is C16H19N3O4. The molecule has 0 saturated carbocycles. The summed E-state index contributed by atoms with van der Waals surface area (Å²) in [5.74, 6) is -0.283. The summed E-state index contributed by atoms with van der Waals surface area (Å²) in [5.41, 5.74) is 2.32. The maximum atomic E-state index is 12.8. The van der Waals surface area contributed by atoms with E-state index in [2.05, 4.69) is 5.32 Å². The van der Waals surface area contributed by atoms with Gasteiger partial charge in [-0.05, 0) is 12.5 Å². The van der Waals surface area contributed by atoms with Crippen molar-refractivity contribution in [2.75, 3.05) is 26.1 Å². The topological polar surface area (TPSA) is 79.0 Å². The molecule has 23 heavy (non-hydrogen) atoms. The number of imide groups is 1. The number of fused-ring (bicyclic) bond motifs is 1. The van der Waals surface area contributed by atoms with Gasteiger partial charge in [0, 0.05) is 44.4 Å². The third-order valence-corrected chi connectivity index (χ3v) is 4.32. The lowest BCUT2D eigenvalue weighted by atomic mass is 10.0. The van der Waals surface area contributed by atoms with E-state index >= 15 is 0 Å². The fourth-order valence-corrected chi connectivity index (χ4v) is 3.13. The molecular weight excluding hydrogens is 298 g/mol. The highest BCUT2D eigenvalue weighted by Crippen LogP contribution is 2.36. The normalized spacial score (nSPS) is 20.4. The van der Waals surface area contributed by atoms with E-state index in [0.29, 0.717) is 24.3 Å². The Morgan fingerprint density at radius 3 is 2.61 bits per heavy atom.